The van der Waals surface area contributed by atoms with Crippen molar-refractivity contribution in [2.75, 3.05) is 4.90 Å². The second-order valence-corrected chi connectivity index (χ2v) is 13.7. The average molecular weight is 674 g/mol. The number of hydrogen-bond acceptors (Lipinski definition) is 1. The van der Waals surface area contributed by atoms with Crippen molar-refractivity contribution in [2.45, 2.75) is 0 Å². The highest BCUT2D eigenvalue weighted by atomic mass is 15.1. The summed E-state index contributed by atoms with van der Waals surface area (Å²) in [5, 5.41) is 10.0. The molecule has 0 aliphatic heterocycles. The Morgan fingerprint density at radius 1 is 0.245 bits per heavy atom. The Hall–Kier alpha value is -6.96. The van der Waals surface area contributed by atoms with Gasteiger partial charge < -0.3 is 4.90 Å². The van der Waals surface area contributed by atoms with Gasteiger partial charge in [0.15, 0.2) is 0 Å². The average Bonchev–Trinajstić information content (AvgIpc) is 3.24. The lowest BCUT2D eigenvalue weighted by Gasteiger charge is -2.28. The minimum absolute atomic E-state index is 1.11. The standard InChI is InChI=1S/C52H35N/c1-2-14-36(15-3-1)43-18-8-9-19-44(43)37-26-30-41(31-27-37)53(52-35-40-17-5-7-21-46(40)48-23-12-13-25-50(48)52)42-32-28-38(29-33-42)51-34-39-16-4-6-20-45(39)47-22-10-11-24-49(47)51/h1-35H. The molecule has 0 N–H and O–H groups in total. The van der Waals surface area contributed by atoms with E-state index in [1.165, 1.54) is 76.5 Å². The summed E-state index contributed by atoms with van der Waals surface area (Å²) < 4.78 is 0. The molecule has 10 rings (SSSR count). The lowest BCUT2D eigenvalue weighted by atomic mass is 9.93. The number of rotatable bonds is 6. The van der Waals surface area contributed by atoms with E-state index in [9.17, 15) is 0 Å². The van der Waals surface area contributed by atoms with Gasteiger partial charge in [-0.2, -0.15) is 0 Å². The molecule has 53 heavy (non-hydrogen) atoms. The first-order chi connectivity index (χ1) is 26.3. The highest BCUT2D eigenvalue weighted by Gasteiger charge is 2.19. The fourth-order valence-corrected chi connectivity index (χ4v) is 8.12. The first kappa shape index (κ1) is 30.8. The first-order valence-corrected chi connectivity index (χ1v) is 18.3. The lowest BCUT2D eigenvalue weighted by Crippen LogP contribution is -2.10. The van der Waals surface area contributed by atoms with Crippen LogP contribution in [0.25, 0.3) is 76.5 Å². The van der Waals surface area contributed by atoms with Gasteiger partial charge in [-0.05, 0) is 107 Å². The predicted octanol–water partition coefficient (Wildman–Crippen LogP) is 14.8. The molecule has 1 nitrogen and oxygen atoms in total. The molecule has 248 valence electrons. The van der Waals surface area contributed by atoms with Gasteiger partial charge in [-0.3, -0.25) is 0 Å². The van der Waals surface area contributed by atoms with Gasteiger partial charge >= 0.3 is 0 Å². The molecule has 0 saturated carbocycles. The van der Waals surface area contributed by atoms with Gasteiger partial charge in [0, 0.05) is 16.8 Å². The molecule has 0 fully saturated rings. The van der Waals surface area contributed by atoms with Crippen LogP contribution >= 0.6 is 0 Å². The largest absolute Gasteiger partial charge is 0.310 e. The fourth-order valence-electron chi connectivity index (χ4n) is 8.12. The van der Waals surface area contributed by atoms with Crippen LogP contribution in [0, 0.1) is 0 Å². The van der Waals surface area contributed by atoms with Gasteiger partial charge in [0.2, 0.25) is 0 Å². The predicted molar refractivity (Wildman–Crippen MR) is 227 cm³/mol. The van der Waals surface area contributed by atoms with E-state index in [-0.39, 0.29) is 0 Å². The number of anilines is 3. The molecule has 0 bridgehead atoms. The molecular weight excluding hydrogens is 639 g/mol. The molecule has 1 heteroatoms. The third kappa shape index (κ3) is 5.42. The Morgan fingerprint density at radius 2 is 0.642 bits per heavy atom. The summed E-state index contributed by atoms with van der Waals surface area (Å²) >= 11 is 0. The molecule has 0 radical (unpaired) electrons. The van der Waals surface area contributed by atoms with E-state index in [0.29, 0.717) is 0 Å². The molecule has 0 aliphatic carbocycles. The highest BCUT2D eigenvalue weighted by molar-refractivity contribution is 6.15. The van der Waals surface area contributed by atoms with Crippen molar-refractivity contribution in [1.82, 2.24) is 0 Å². The Bertz CT molecular complexity index is 2920. The van der Waals surface area contributed by atoms with Crippen molar-refractivity contribution in [1.29, 1.82) is 0 Å². The van der Waals surface area contributed by atoms with Crippen LogP contribution in [0.4, 0.5) is 17.1 Å². The van der Waals surface area contributed by atoms with Crippen LogP contribution in [0.15, 0.2) is 212 Å². The molecule has 0 amide bonds. The quantitative estimate of drug-likeness (QED) is 0.159. The summed E-state index contributed by atoms with van der Waals surface area (Å²) in [4.78, 5) is 2.42. The van der Waals surface area contributed by atoms with Crippen LogP contribution in [0.3, 0.4) is 0 Å². The number of benzene rings is 10. The van der Waals surface area contributed by atoms with E-state index in [2.05, 4.69) is 217 Å². The van der Waals surface area contributed by atoms with Crippen LogP contribution < -0.4 is 4.90 Å². The highest BCUT2D eigenvalue weighted by Crippen LogP contribution is 2.44. The maximum absolute atomic E-state index is 2.42. The summed E-state index contributed by atoms with van der Waals surface area (Å²) in [6, 6.07) is 77.2. The molecule has 0 aliphatic rings. The topological polar surface area (TPSA) is 3.24 Å². The van der Waals surface area contributed by atoms with Gasteiger partial charge in [0.05, 0.1) is 5.69 Å². The molecule has 10 aromatic rings. The second-order valence-electron chi connectivity index (χ2n) is 13.7. The lowest BCUT2D eigenvalue weighted by molar-refractivity contribution is 1.30. The van der Waals surface area contributed by atoms with Crippen molar-refractivity contribution in [3.63, 3.8) is 0 Å². The molecule has 0 unspecified atom stereocenters. The third-order valence-electron chi connectivity index (χ3n) is 10.6. The van der Waals surface area contributed by atoms with E-state index in [0.717, 1.165) is 17.1 Å². The summed E-state index contributed by atoms with van der Waals surface area (Å²) in [6.07, 6.45) is 0. The van der Waals surface area contributed by atoms with Crippen LogP contribution in [0.1, 0.15) is 0 Å². The van der Waals surface area contributed by atoms with Gasteiger partial charge in [0.1, 0.15) is 0 Å². The zero-order valence-electron chi connectivity index (χ0n) is 29.2. The van der Waals surface area contributed by atoms with Crippen molar-refractivity contribution in [2.24, 2.45) is 0 Å². The van der Waals surface area contributed by atoms with Crippen LogP contribution in [0.5, 0.6) is 0 Å². The van der Waals surface area contributed by atoms with Gasteiger partial charge in [-0.1, -0.05) is 176 Å². The van der Waals surface area contributed by atoms with Gasteiger partial charge in [-0.15, -0.1) is 0 Å². The normalized spacial score (nSPS) is 11.4. The zero-order chi connectivity index (χ0) is 35.1. The third-order valence-corrected chi connectivity index (χ3v) is 10.6. The number of hydrogen-bond donors (Lipinski definition) is 0. The minimum Gasteiger partial charge on any atom is -0.310 e. The Kier molecular flexibility index (Phi) is 7.55. The van der Waals surface area contributed by atoms with E-state index >= 15 is 0 Å². The molecule has 0 saturated heterocycles. The van der Waals surface area contributed by atoms with Crippen LogP contribution in [-0.4, -0.2) is 0 Å². The molecule has 10 aromatic carbocycles. The Morgan fingerprint density at radius 3 is 1.23 bits per heavy atom. The van der Waals surface area contributed by atoms with Crippen molar-refractivity contribution >= 4 is 60.2 Å². The smallest absolute Gasteiger partial charge is 0.0546 e. The van der Waals surface area contributed by atoms with Crippen LogP contribution in [0.2, 0.25) is 0 Å². The van der Waals surface area contributed by atoms with Crippen molar-refractivity contribution in [3.8, 4) is 33.4 Å². The second kappa shape index (κ2) is 13.0. The van der Waals surface area contributed by atoms with E-state index in [1.807, 2.05) is 0 Å². The summed E-state index contributed by atoms with van der Waals surface area (Å²) in [5.74, 6) is 0. The maximum Gasteiger partial charge on any atom is 0.0546 e. The molecule has 0 aromatic heterocycles. The summed E-state index contributed by atoms with van der Waals surface area (Å²) in [5.41, 5.74) is 10.7. The Labute approximate surface area is 309 Å². The molecular formula is C52H35N. The monoisotopic (exact) mass is 673 g/mol. The van der Waals surface area contributed by atoms with E-state index in [1.54, 1.807) is 0 Å². The molecule has 0 atom stereocenters. The SMILES string of the molecule is c1ccc(-c2ccccc2-c2ccc(N(c3ccc(-c4cc5ccccc5c5ccccc45)cc3)c3cc4ccccc4c4ccccc34)cc2)cc1. The first-order valence-electron chi connectivity index (χ1n) is 18.3. The number of fused-ring (bicyclic) bond motifs is 6. The van der Waals surface area contributed by atoms with Crippen molar-refractivity contribution in [3.05, 3.63) is 212 Å². The fraction of sp³-hybridized carbons (Fsp3) is 0. The van der Waals surface area contributed by atoms with Crippen LogP contribution in [-0.2, 0) is 0 Å². The summed E-state index contributed by atoms with van der Waals surface area (Å²) in [7, 11) is 0. The zero-order valence-corrected chi connectivity index (χ0v) is 29.2. The summed E-state index contributed by atoms with van der Waals surface area (Å²) in [6.45, 7) is 0. The number of nitrogens with zero attached hydrogens (tertiary/aromatic N) is 1. The van der Waals surface area contributed by atoms with E-state index < -0.39 is 0 Å². The minimum atomic E-state index is 1.11. The molecule has 0 spiro atoms. The maximum atomic E-state index is 2.42. The molecule has 0 heterocycles. The van der Waals surface area contributed by atoms with Gasteiger partial charge in [0.25, 0.3) is 0 Å². The van der Waals surface area contributed by atoms with Crippen molar-refractivity contribution < 1.29 is 0 Å². The van der Waals surface area contributed by atoms with E-state index in [4.69, 9.17) is 0 Å². The Balaban J connectivity index is 1.14. The van der Waals surface area contributed by atoms with Gasteiger partial charge in [-0.25, -0.2) is 0 Å².